The zero-order chi connectivity index (χ0) is 20.8. The fourth-order valence-corrected chi connectivity index (χ4v) is 3.83. The number of nitrogens with zero attached hydrogens (tertiary/aromatic N) is 3. The molecule has 7 heteroatoms. The van der Waals surface area contributed by atoms with E-state index in [-0.39, 0.29) is 18.1 Å². The maximum absolute atomic E-state index is 12.5. The van der Waals surface area contributed by atoms with Gasteiger partial charge in [-0.05, 0) is 50.9 Å². The Morgan fingerprint density at radius 3 is 2.59 bits per heavy atom. The van der Waals surface area contributed by atoms with Crippen LogP contribution in [0.15, 0.2) is 42.5 Å². The minimum Gasteiger partial charge on any atom is -0.371 e. The first-order valence-corrected chi connectivity index (χ1v) is 10.0. The number of likely N-dealkylation sites (N-methyl/N-ethyl adjacent to an activating group) is 1. The van der Waals surface area contributed by atoms with E-state index in [1.54, 1.807) is 19.1 Å². The van der Waals surface area contributed by atoms with E-state index in [0.717, 1.165) is 13.1 Å². The molecule has 1 aliphatic heterocycles. The van der Waals surface area contributed by atoms with Crippen LogP contribution in [-0.2, 0) is 11.3 Å². The third-order valence-corrected chi connectivity index (χ3v) is 5.32. The second kappa shape index (κ2) is 9.52. The third kappa shape index (κ3) is 5.32. The molecule has 2 aromatic carbocycles. The first-order valence-electron chi connectivity index (χ1n) is 10.0. The van der Waals surface area contributed by atoms with Gasteiger partial charge in [0.05, 0.1) is 22.7 Å². The van der Waals surface area contributed by atoms with E-state index in [0.29, 0.717) is 17.8 Å². The normalized spacial score (nSPS) is 14.1. The Morgan fingerprint density at radius 2 is 1.86 bits per heavy atom. The van der Waals surface area contributed by atoms with Crippen LogP contribution in [0.25, 0.3) is 0 Å². The molecule has 1 aliphatic rings. The molecule has 1 fully saturated rings. The van der Waals surface area contributed by atoms with Gasteiger partial charge in [-0.25, -0.2) is 0 Å². The molecular formula is C22H28N4O3. The highest BCUT2D eigenvalue weighted by molar-refractivity contribution is 5.93. The number of nitro groups is 1. The molecule has 1 amide bonds. The number of carbonyl (C=O) groups excluding carboxylic acids is 1. The number of para-hydroxylation sites is 1. The van der Waals surface area contributed by atoms with Crippen molar-refractivity contribution in [2.75, 3.05) is 36.9 Å². The molecule has 29 heavy (non-hydrogen) atoms. The quantitative estimate of drug-likeness (QED) is 0.566. The minimum absolute atomic E-state index is 0.00612. The Morgan fingerprint density at radius 1 is 1.14 bits per heavy atom. The molecular weight excluding hydrogens is 368 g/mol. The van der Waals surface area contributed by atoms with Crippen molar-refractivity contribution in [3.63, 3.8) is 0 Å². The second-order valence-corrected chi connectivity index (χ2v) is 7.60. The number of benzene rings is 2. The Kier molecular flexibility index (Phi) is 6.82. The van der Waals surface area contributed by atoms with Crippen LogP contribution in [0.2, 0.25) is 0 Å². The summed E-state index contributed by atoms with van der Waals surface area (Å²) >= 11 is 0. The number of carbonyl (C=O) groups is 1. The maximum Gasteiger partial charge on any atom is 0.274 e. The minimum atomic E-state index is -0.436. The van der Waals surface area contributed by atoms with Crippen LogP contribution in [-0.4, -0.2) is 42.4 Å². The summed E-state index contributed by atoms with van der Waals surface area (Å²) in [6.45, 7) is 4.66. The summed E-state index contributed by atoms with van der Waals surface area (Å²) in [5, 5.41) is 13.9. The maximum atomic E-state index is 12.5. The predicted molar refractivity (Wildman–Crippen MR) is 115 cm³/mol. The van der Waals surface area contributed by atoms with Crippen molar-refractivity contribution in [2.45, 2.75) is 32.7 Å². The van der Waals surface area contributed by atoms with Crippen molar-refractivity contribution in [1.82, 2.24) is 4.90 Å². The molecule has 7 nitrogen and oxygen atoms in total. The van der Waals surface area contributed by atoms with Crippen LogP contribution in [0.5, 0.6) is 0 Å². The van der Waals surface area contributed by atoms with E-state index >= 15 is 0 Å². The Hall–Kier alpha value is -2.93. The molecule has 3 rings (SSSR count). The van der Waals surface area contributed by atoms with E-state index in [4.69, 9.17) is 0 Å². The first-order chi connectivity index (χ1) is 14.0. The standard InChI is InChI=1S/C22H28N4O3/c1-17-19(10-8-12-20(17)26(28)29)23-22(27)16-24(2)15-18-9-4-5-11-21(18)25-13-6-3-7-14-25/h4-5,8-12H,3,6-7,13-16H2,1-2H3,(H,23,27). The summed E-state index contributed by atoms with van der Waals surface area (Å²) in [7, 11) is 1.91. The monoisotopic (exact) mass is 396 g/mol. The number of hydrogen-bond acceptors (Lipinski definition) is 5. The van der Waals surface area contributed by atoms with Gasteiger partial charge in [0, 0.05) is 31.4 Å². The highest BCUT2D eigenvalue weighted by Gasteiger charge is 2.17. The summed E-state index contributed by atoms with van der Waals surface area (Å²) in [5.41, 5.74) is 3.40. The van der Waals surface area contributed by atoms with Crippen molar-refractivity contribution in [2.24, 2.45) is 0 Å². The number of rotatable bonds is 7. The van der Waals surface area contributed by atoms with Crippen molar-refractivity contribution < 1.29 is 9.72 Å². The average Bonchev–Trinajstić information content (AvgIpc) is 2.70. The lowest BCUT2D eigenvalue weighted by Crippen LogP contribution is -2.33. The number of nitro benzene ring substituents is 1. The summed E-state index contributed by atoms with van der Waals surface area (Å²) in [6.07, 6.45) is 3.72. The molecule has 0 bridgehead atoms. The molecule has 0 spiro atoms. The Labute approximate surface area is 171 Å². The molecule has 0 aromatic heterocycles. The van der Waals surface area contributed by atoms with Crippen LogP contribution >= 0.6 is 0 Å². The van der Waals surface area contributed by atoms with Gasteiger partial charge in [0.1, 0.15) is 0 Å². The van der Waals surface area contributed by atoms with Crippen LogP contribution in [0.1, 0.15) is 30.4 Å². The first kappa shape index (κ1) is 20.8. The van der Waals surface area contributed by atoms with E-state index in [9.17, 15) is 14.9 Å². The highest BCUT2D eigenvalue weighted by Crippen LogP contribution is 2.26. The largest absolute Gasteiger partial charge is 0.371 e. The zero-order valence-corrected chi connectivity index (χ0v) is 17.1. The Bertz CT molecular complexity index is 878. The van der Waals surface area contributed by atoms with Gasteiger partial charge in [-0.3, -0.25) is 19.8 Å². The van der Waals surface area contributed by atoms with Crippen LogP contribution < -0.4 is 10.2 Å². The zero-order valence-electron chi connectivity index (χ0n) is 17.1. The summed E-state index contributed by atoms with van der Waals surface area (Å²) in [6, 6.07) is 13.1. The number of anilines is 2. The molecule has 154 valence electrons. The lowest BCUT2D eigenvalue weighted by Gasteiger charge is -2.31. The molecule has 1 heterocycles. The third-order valence-electron chi connectivity index (χ3n) is 5.32. The van der Waals surface area contributed by atoms with Crippen LogP contribution in [0.3, 0.4) is 0 Å². The average molecular weight is 396 g/mol. The van der Waals surface area contributed by atoms with E-state index in [2.05, 4.69) is 28.4 Å². The van der Waals surface area contributed by atoms with Crippen molar-refractivity contribution >= 4 is 23.0 Å². The number of piperidine rings is 1. The van der Waals surface area contributed by atoms with Gasteiger partial charge in [0.25, 0.3) is 5.69 Å². The molecule has 1 saturated heterocycles. The molecule has 0 aliphatic carbocycles. The molecule has 2 aromatic rings. The second-order valence-electron chi connectivity index (χ2n) is 7.60. The lowest BCUT2D eigenvalue weighted by molar-refractivity contribution is -0.385. The molecule has 0 saturated carbocycles. The molecule has 0 radical (unpaired) electrons. The number of hydrogen-bond donors (Lipinski definition) is 1. The van der Waals surface area contributed by atoms with E-state index < -0.39 is 4.92 Å². The number of nitrogens with one attached hydrogen (secondary N) is 1. The van der Waals surface area contributed by atoms with Gasteiger partial charge < -0.3 is 10.2 Å². The van der Waals surface area contributed by atoms with Crippen LogP contribution in [0.4, 0.5) is 17.1 Å². The summed E-state index contributed by atoms with van der Waals surface area (Å²) < 4.78 is 0. The lowest BCUT2D eigenvalue weighted by atomic mass is 10.1. The molecule has 0 atom stereocenters. The van der Waals surface area contributed by atoms with E-state index in [1.165, 1.54) is 36.6 Å². The molecule has 1 N–H and O–H groups in total. The van der Waals surface area contributed by atoms with Gasteiger partial charge in [0.15, 0.2) is 0 Å². The highest BCUT2D eigenvalue weighted by atomic mass is 16.6. The Balaban J connectivity index is 1.63. The molecule has 0 unspecified atom stereocenters. The van der Waals surface area contributed by atoms with E-state index in [1.807, 2.05) is 18.0 Å². The van der Waals surface area contributed by atoms with Crippen molar-refractivity contribution in [3.8, 4) is 0 Å². The smallest absolute Gasteiger partial charge is 0.274 e. The summed E-state index contributed by atoms with van der Waals surface area (Å²) in [5.74, 6) is -0.188. The van der Waals surface area contributed by atoms with Gasteiger partial charge in [-0.1, -0.05) is 24.3 Å². The topological polar surface area (TPSA) is 78.7 Å². The fraction of sp³-hybridized carbons (Fsp3) is 0.409. The van der Waals surface area contributed by atoms with Crippen molar-refractivity contribution in [1.29, 1.82) is 0 Å². The number of amides is 1. The SMILES string of the molecule is Cc1c(NC(=O)CN(C)Cc2ccccc2N2CCCCC2)cccc1[N+](=O)[O-]. The van der Waals surface area contributed by atoms with Gasteiger partial charge >= 0.3 is 0 Å². The summed E-state index contributed by atoms with van der Waals surface area (Å²) in [4.78, 5) is 27.5. The van der Waals surface area contributed by atoms with Gasteiger partial charge in [-0.15, -0.1) is 0 Å². The van der Waals surface area contributed by atoms with Crippen molar-refractivity contribution in [3.05, 3.63) is 63.7 Å². The van der Waals surface area contributed by atoms with Crippen LogP contribution in [0, 0.1) is 17.0 Å². The fourth-order valence-electron chi connectivity index (χ4n) is 3.83. The predicted octanol–water partition coefficient (Wildman–Crippen LogP) is 3.96. The van der Waals surface area contributed by atoms with Gasteiger partial charge in [-0.2, -0.15) is 0 Å². The van der Waals surface area contributed by atoms with Gasteiger partial charge in [0.2, 0.25) is 5.91 Å².